The van der Waals surface area contributed by atoms with Crippen LogP contribution in [0.1, 0.15) is 96.8 Å². The molecule has 208 valence electrons. The maximum atomic E-state index is 14.2. The van der Waals surface area contributed by atoms with E-state index in [1.165, 1.54) is 83.1 Å². The zero-order valence-corrected chi connectivity index (χ0v) is 23.8. The first kappa shape index (κ1) is 32.7. The van der Waals surface area contributed by atoms with Gasteiger partial charge in [0.15, 0.2) is 12.9 Å². The van der Waals surface area contributed by atoms with E-state index < -0.39 is 22.3 Å². The molecule has 0 aromatic heterocycles. The molecule has 0 spiro atoms. The number of carbonyl (C=O) groups is 1. The lowest BCUT2D eigenvalue weighted by Crippen LogP contribution is -2.35. The molecule has 1 aromatic carbocycles. The van der Waals surface area contributed by atoms with Crippen LogP contribution in [0.15, 0.2) is 29.2 Å². The first-order chi connectivity index (χ1) is 17.4. The molecule has 1 atom stereocenters. The average molecular weight is 548 g/mol. The van der Waals surface area contributed by atoms with E-state index in [1.807, 2.05) is 0 Å². The van der Waals surface area contributed by atoms with Gasteiger partial charge < -0.3 is 9.47 Å². The van der Waals surface area contributed by atoms with Crippen molar-refractivity contribution in [1.82, 2.24) is 4.72 Å². The summed E-state index contributed by atoms with van der Waals surface area (Å²) in [4.78, 5) is 11.9. The summed E-state index contributed by atoms with van der Waals surface area (Å²) in [5, 5.41) is 0. The molecular weight excluding hydrogens is 501 g/mol. The third-order valence-electron chi connectivity index (χ3n) is 5.88. The molecule has 0 radical (unpaired) electrons. The van der Waals surface area contributed by atoms with E-state index in [-0.39, 0.29) is 18.1 Å². The van der Waals surface area contributed by atoms with Gasteiger partial charge in [-0.3, -0.25) is 0 Å². The lowest BCUT2D eigenvalue weighted by molar-refractivity contribution is -0.142. The molecule has 0 amide bonds. The van der Waals surface area contributed by atoms with Crippen LogP contribution in [0.5, 0.6) is 5.75 Å². The summed E-state index contributed by atoms with van der Waals surface area (Å²) in [6, 6.07) is 6.79. The summed E-state index contributed by atoms with van der Waals surface area (Å²) >= 11 is 1.21. The summed E-state index contributed by atoms with van der Waals surface area (Å²) in [6.45, 7) is 2.06. The van der Waals surface area contributed by atoms with E-state index >= 15 is 0 Å². The van der Waals surface area contributed by atoms with Crippen molar-refractivity contribution in [2.75, 3.05) is 25.2 Å². The number of halogens is 1. The molecule has 0 aliphatic carbocycles. The van der Waals surface area contributed by atoms with Gasteiger partial charge in [-0.15, -0.1) is 11.8 Å². The van der Waals surface area contributed by atoms with E-state index in [1.54, 1.807) is 24.3 Å². The summed E-state index contributed by atoms with van der Waals surface area (Å²) in [5.41, 5.74) is 0. The molecule has 0 heterocycles. The molecule has 36 heavy (non-hydrogen) atoms. The number of methoxy groups -OCH3 is 1. The first-order valence-electron chi connectivity index (χ1n) is 13.4. The Bertz CT molecular complexity index is 790. The quantitative estimate of drug-likeness (QED) is 0.0686. The van der Waals surface area contributed by atoms with Gasteiger partial charge in [-0.05, 0) is 30.7 Å². The van der Waals surface area contributed by atoms with Crippen LogP contribution in [-0.4, -0.2) is 45.9 Å². The van der Waals surface area contributed by atoms with Crippen LogP contribution in [-0.2, 0) is 19.6 Å². The Hall–Kier alpha value is -1.32. The van der Waals surface area contributed by atoms with Crippen molar-refractivity contribution in [3.63, 3.8) is 0 Å². The summed E-state index contributed by atoms with van der Waals surface area (Å²) in [6.07, 6.45) is 15.2. The lowest BCUT2D eigenvalue weighted by atomic mass is 10.0. The van der Waals surface area contributed by atoms with Crippen LogP contribution in [0.3, 0.4) is 0 Å². The van der Waals surface area contributed by atoms with Crippen LogP contribution < -0.4 is 9.46 Å². The molecule has 1 aromatic rings. The number of esters is 1. The van der Waals surface area contributed by atoms with Gasteiger partial charge in [0.2, 0.25) is 10.0 Å². The fourth-order valence-corrected chi connectivity index (χ4v) is 5.81. The van der Waals surface area contributed by atoms with E-state index in [0.29, 0.717) is 12.2 Å². The van der Waals surface area contributed by atoms with Gasteiger partial charge in [0.25, 0.3) is 0 Å². The number of rotatable bonds is 23. The highest BCUT2D eigenvalue weighted by Crippen LogP contribution is 2.22. The van der Waals surface area contributed by atoms with Crippen LogP contribution in [0, 0.1) is 0 Å². The minimum Gasteiger partial charge on any atom is -0.482 e. The van der Waals surface area contributed by atoms with Gasteiger partial charge in [0.05, 0.1) is 12.9 Å². The number of nitrogens with one attached hydrogen (secondary N) is 1. The van der Waals surface area contributed by atoms with Gasteiger partial charge in [0.1, 0.15) is 5.75 Å². The van der Waals surface area contributed by atoms with Crippen molar-refractivity contribution in [3.8, 4) is 5.75 Å². The normalized spacial score (nSPS) is 12.4. The maximum absolute atomic E-state index is 14.2. The molecule has 1 rings (SSSR count). The molecule has 1 unspecified atom stereocenters. The minimum absolute atomic E-state index is 0.0274. The Labute approximate surface area is 222 Å². The van der Waals surface area contributed by atoms with E-state index in [0.717, 1.165) is 24.2 Å². The van der Waals surface area contributed by atoms with Crippen molar-refractivity contribution in [1.29, 1.82) is 0 Å². The Morgan fingerprint density at radius 1 is 0.889 bits per heavy atom. The van der Waals surface area contributed by atoms with Crippen LogP contribution >= 0.6 is 11.8 Å². The molecule has 0 saturated heterocycles. The SMILES string of the molecule is CCCCCCCCCCCCCCCCS(=O)(=O)NC(F)CSc1ccc(OCC(=O)OC)cc1. The van der Waals surface area contributed by atoms with Crippen LogP contribution in [0.25, 0.3) is 0 Å². The molecule has 9 heteroatoms. The van der Waals surface area contributed by atoms with Crippen LogP contribution in [0.4, 0.5) is 4.39 Å². The van der Waals surface area contributed by atoms with Crippen LogP contribution in [0.2, 0.25) is 0 Å². The Kier molecular flexibility index (Phi) is 18.8. The third-order valence-corrected chi connectivity index (χ3v) is 8.38. The lowest BCUT2D eigenvalue weighted by Gasteiger charge is -2.11. The minimum atomic E-state index is -3.63. The molecule has 0 fully saturated rings. The first-order valence-corrected chi connectivity index (χ1v) is 16.1. The fraction of sp³-hybridized carbons (Fsp3) is 0.741. The summed E-state index contributed by atoms with van der Waals surface area (Å²) < 4.78 is 50.4. The van der Waals surface area contributed by atoms with E-state index in [2.05, 4.69) is 16.4 Å². The monoisotopic (exact) mass is 547 g/mol. The zero-order valence-electron chi connectivity index (χ0n) is 22.1. The largest absolute Gasteiger partial charge is 0.482 e. The van der Waals surface area contributed by atoms with E-state index in [4.69, 9.17) is 4.74 Å². The van der Waals surface area contributed by atoms with Crippen molar-refractivity contribution in [2.45, 2.75) is 108 Å². The number of ether oxygens (including phenoxy) is 2. The number of hydrogen-bond donors (Lipinski definition) is 1. The summed E-state index contributed by atoms with van der Waals surface area (Å²) in [5.74, 6) is -0.0478. The molecule has 0 aliphatic heterocycles. The molecule has 0 bridgehead atoms. The standard InChI is InChI=1S/C27H46FNO5S2/c1-3-4-5-6-7-8-9-10-11-12-13-14-15-16-21-36(31,32)29-26(28)23-35-25-19-17-24(18-20-25)34-22-27(30)33-2/h17-20,26,29H,3-16,21-23H2,1-2H3. The number of thioether (sulfide) groups is 1. The maximum Gasteiger partial charge on any atom is 0.343 e. The van der Waals surface area contributed by atoms with Crippen molar-refractivity contribution < 1.29 is 27.1 Å². The molecule has 0 saturated carbocycles. The van der Waals surface area contributed by atoms with Gasteiger partial charge in [0, 0.05) is 10.6 Å². The Morgan fingerprint density at radius 3 is 1.89 bits per heavy atom. The smallest absolute Gasteiger partial charge is 0.343 e. The Morgan fingerprint density at radius 2 is 1.39 bits per heavy atom. The molecular formula is C27H46FNO5S2. The number of alkyl halides is 1. The third kappa shape index (κ3) is 18.0. The molecule has 0 aliphatic rings. The van der Waals surface area contributed by atoms with E-state index in [9.17, 15) is 17.6 Å². The van der Waals surface area contributed by atoms with Crippen molar-refractivity contribution in [3.05, 3.63) is 24.3 Å². The van der Waals surface area contributed by atoms with Crippen molar-refractivity contribution in [2.24, 2.45) is 0 Å². The highest BCUT2D eigenvalue weighted by molar-refractivity contribution is 7.99. The van der Waals surface area contributed by atoms with Gasteiger partial charge in [-0.25, -0.2) is 17.6 Å². The molecule has 1 N–H and O–H groups in total. The fourth-order valence-electron chi connectivity index (χ4n) is 3.78. The number of carbonyl (C=O) groups excluding carboxylic acids is 1. The second-order valence-corrected chi connectivity index (χ2v) is 12.1. The second-order valence-electron chi connectivity index (χ2n) is 9.15. The van der Waals surface area contributed by atoms with Gasteiger partial charge in [-0.2, -0.15) is 4.72 Å². The number of hydrogen-bond acceptors (Lipinski definition) is 6. The zero-order chi connectivity index (χ0) is 26.5. The second kappa shape index (κ2) is 20.7. The predicted molar refractivity (Wildman–Crippen MR) is 147 cm³/mol. The highest BCUT2D eigenvalue weighted by Gasteiger charge is 2.17. The number of unbranched alkanes of at least 4 members (excludes halogenated alkanes) is 13. The van der Waals surface area contributed by atoms with Crippen molar-refractivity contribution >= 4 is 27.8 Å². The Balaban J connectivity index is 2.06. The highest BCUT2D eigenvalue weighted by atomic mass is 32.2. The average Bonchev–Trinajstić information content (AvgIpc) is 2.86. The van der Waals surface area contributed by atoms with Gasteiger partial charge in [-0.1, -0.05) is 90.4 Å². The number of benzene rings is 1. The van der Waals surface area contributed by atoms with Gasteiger partial charge >= 0.3 is 5.97 Å². The summed E-state index contributed by atoms with van der Waals surface area (Å²) in [7, 11) is -2.34. The predicted octanol–water partition coefficient (Wildman–Crippen LogP) is 7.03. The topological polar surface area (TPSA) is 81.7 Å². The molecule has 6 nitrogen and oxygen atoms in total. The number of sulfonamides is 1.